The molecule has 0 aromatic heterocycles. The van der Waals surface area contributed by atoms with Crippen molar-refractivity contribution in [1.82, 2.24) is 0 Å². The van der Waals surface area contributed by atoms with Crippen LogP contribution in [0.25, 0.3) is 0 Å². The van der Waals surface area contributed by atoms with E-state index in [1.165, 1.54) is 25.7 Å². The molecule has 0 aliphatic heterocycles. The maximum atomic E-state index is 12.1. The van der Waals surface area contributed by atoms with Crippen LogP contribution in [0.5, 0.6) is 0 Å². The van der Waals surface area contributed by atoms with Crippen LogP contribution in [0.2, 0.25) is 0 Å². The maximum absolute atomic E-state index is 12.1. The molecule has 2 atom stereocenters. The number of aliphatic hydroxyl groups is 1. The fourth-order valence-electron chi connectivity index (χ4n) is 4.06. The van der Waals surface area contributed by atoms with Crippen LogP contribution in [-0.4, -0.2) is 22.3 Å². The van der Waals surface area contributed by atoms with E-state index in [2.05, 4.69) is 6.58 Å². The quantitative estimate of drug-likeness (QED) is 0.616. The van der Waals surface area contributed by atoms with Crippen molar-refractivity contribution >= 4 is 5.97 Å². The summed E-state index contributed by atoms with van der Waals surface area (Å²) in [5.74, 6) is 1.08. The Morgan fingerprint density at radius 3 is 2.38 bits per heavy atom. The van der Waals surface area contributed by atoms with E-state index in [-0.39, 0.29) is 11.6 Å². The Bertz CT molecular complexity index is 393. The van der Waals surface area contributed by atoms with Crippen LogP contribution in [0.4, 0.5) is 0 Å². The van der Waals surface area contributed by atoms with Crippen molar-refractivity contribution in [2.45, 2.75) is 83.3 Å². The smallest absolute Gasteiger partial charge is 0.333 e. The molecule has 0 saturated heterocycles. The molecule has 2 aliphatic carbocycles. The van der Waals surface area contributed by atoms with Crippen molar-refractivity contribution in [2.75, 3.05) is 0 Å². The first kappa shape index (κ1) is 16.5. The molecule has 21 heavy (non-hydrogen) atoms. The van der Waals surface area contributed by atoms with Gasteiger partial charge in [0.1, 0.15) is 5.60 Å². The number of rotatable bonds is 5. The minimum Gasteiger partial charge on any atom is -0.456 e. The van der Waals surface area contributed by atoms with Crippen molar-refractivity contribution < 1.29 is 14.6 Å². The summed E-state index contributed by atoms with van der Waals surface area (Å²) >= 11 is 0. The van der Waals surface area contributed by atoms with Crippen molar-refractivity contribution in [2.24, 2.45) is 11.8 Å². The Morgan fingerprint density at radius 2 is 1.90 bits per heavy atom. The van der Waals surface area contributed by atoms with Gasteiger partial charge < -0.3 is 9.84 Å². The molecule has 2 fully saturated rings. The molecule has 3 heteroatoms. The molecular formula is C18H30O3. The molecule has 2 unspecified atom stereocenters. The summed E-state index contributed by atoms with van der Waals surface area (Å²) < 4.78 is 5.92. The molecule has 120 valence electrons. The van der Waals surface area contributed by atoms with E-state index in [0.717, 1.165) is 19.3 Å². The lowest BCUT2D eigenvalue weighted by Crippen LogP contribution is -2.45. The van der Waals surface area contributed by atoms with Gasteiger partial charge >= 0.3 is 5.97 Å². The van der Waals surface area contributed by atoms with Crippen LogP contribution in [-0.2, 0) is 9.53 Å². The molecule has 2 aliphatic rings. The third-order valence-corrected chi connectivity index (χ3v) is 5.06. The lowest BCUT2D eigenvalue weighted by Gasteiger charge is -2.47. The largest absolute Gasteiger partial charge is 0.456 e. The lowest BCUT2D eigenvalue weighted by molar-refractivity contribution is -0.167. The van der Waals surface area contributed by atoms with Crippen LogP contribution >= 0.6 is 0 Å². The molecule has 0 amide bonds. The molecule has 0 aromatic carbocycles. The number of fused-ring (bicyclic) bond motifs is 2. The average Bonchev–Trinajstić information content (AvgIpc) is 2.35. The van der Waals surface area contributed by atoms with Gasteiger partial charge in [-0.05, 0) is 64.7 Å². The zero-order chi connectivity index (χ0) is 15.7. The highest BCUT2D eigenvalue weighted by Gasteiger charge is 2.45. The Hall–Kier alpha value is -0.830. The summed E-state index contributed by atoms with van der Waals surface area (Å²) in [7, 11) is 0. The first-order valence-corrected chi connectivity index (χ1v) is 8.30. The van der Waals surface area contributed by atoms with Gasteiger partial charge in [-0.3, -0.25) is 0 Å². The van der Waals surface area contributed by atoms with Gasteiger partial charge in [0.25, 0.3) is 0 Å². The van der Waals surface area contributed by atoms with Crippen LogP contribution in [0, 0.1) is 11.8 Å². The van der Waals surface area contributed by atoms with Crippen LogP contribution < -0.4 is 0 Å². The summed E-state index contributed by atoms with van der Waals surface area (Å²) in [6, 6.07) is 0. The fraction of sp³-hybridized carbons (Fsp3) is 0.833. The minimum absolute atomic E-state index is 0.272. The van der Waals surface area contributed by atoms with Gasteiger partial charge in [-0.25, -0.2) is 4.79 Å². The summed E-state index contributed by atoms with van der Waals surface area (Å²) in [5, 5.41) is 10.1. The van der Waals surface area contributed by atoms with Gasteiger partial charge in [0, 0.05) is 5.57 Å². The summed E-state index contributed by atoms with van der Waals surface area (Å²) in [5.41, 5.74) is -0.632. The Kier molecular flexibility index (Phi) is 4.82. The van der Waals surface area contributed by atoms with E-state index in [9.17, 15) is 9.90 Å². The number of esters is 1. The predicted molar refractivity (Wildman–Crippen MR) is 83.9 cm³/mol. The number of hydrogen-bond donors (Lipinski definition) is 1. The van der Waals surface area contributed by atoms with E-state index in [1.54, 1.807) is 6.92 Å². The molecule has 0 heterocycles. The first-order valence-electron chi connectivity index (χ1n) is 8.30. The molecule has 3 nitrogen and oxygen atoms in total. The molecule has 0 aromatic rings. The normalized spacial score (nSPS) is 32.6. The first-order chi connectivity index (χ1) is 9.69. The standard InChI is InChI=1S/C18H30O3/c1-13(2)16(19)21-18(9-8-17(3,4)20)11-14-6-5-7-15(10-14)12-18/h14-15,20H,1,5-12H2,2-4H3. The summed E-state index contributed by atoms with van der Waals surface area (Å²) in [6.07, 6.45) is 8.44. The number of ether oxygens (including phenoxy) is 1. The second kappa shape index (κ2) is 6.12. The second-order valence-electron chi connectivity index (χ2n) is 7.97. The number of hydrogen-bond acceptors (Lipinski definition) is 3. The van der Waals surface area contributed by atoms with Crippen LogP contribution in [0.1, 0.15) is 72.1 Å². The predicted octanol–water partition coefficient (Wildman–Crippen LogP) is 4.00. The van der Waals surface area contributed by atoms with Gasteiger partial charge in [-0.2, -0.15) is 0 Å². The van der Waals surface area contributed by atoms with Gasteiger partial charge in [0.05, 0.1) is 5.60 Å². The maximum Gasteiger partial charge on any atom is 0.333 e. The van der Waals surface area contributed by atoms with Crippen molar-refractivity contribution in [1.29, 1.82) is 0 Å². The van der Waals surface area contributed by atoms with Gasteiger partial charge in [-0.1, -0.05) is 25.8 Å². The van der Waals surface area contributed by atoms with Crippen molar-refractivity contribution in [3.8, 4) is 0 Å². The van der Waals surface area contributed by atoms with Gasteiger partial charge in [0.15, 0.2) is 0 Å². The molecule has 0 spiro atoms. The Morgan fingerprint density at radius 1 is 1.33 bits per heavy atom. The van der Waals surface area contributed by atoms with E-state index in [0.29, 0.717) is 23.8 Å². The lowest BCUT2D eigenvalue weighted by atomic mass is 9.64. The summed E-state index contributed by atoms with van der Waals surface area (Å²) in [4.78, 5) is 12.1. The molecule has 0 radical (unpaired) electrons. The van der Waals surface area contributed by atoms with E-state index in [4.69, 9.17) is 4.74 Å². The molecule has 2 bridgehead atoms. The highest BCUT2D eigenvalue weighted by atomic mass is 16.6. The highest BCUT2D eigenvalue weighted by Crippen LogP contribution is 2.48. The van der Waals surface area contributed by atoms with Crippen LogP contribution in [0.15, 0.2) is 12.2 Å². The highest BCUT2D eigenvalue weighted by molar-refractivity contribution is 5.87. The van der Waals surface area contributed by atoms with Gasteiger partial charge in [-0.15, -0.1) is 0 Å². The van der Waals surface area contributed by atoms with Crippen molar-refractivity contribution in [3.63, 3.8) is 0 Å². The molecular weight excluding hydrogens is 264 g/mol. The van der Waals surface area contributed by atoms with Crippen LogP contribution in [0.3, 0.4) is 0 Å². The third-order valence-electron chi connectivity index (χ3n) is 5.06. The van der Waals surface area contributed by atoms with E-state index < -0.39 is 5.60 Å². The average molecular weight is 294 g/mol. The number of carbonyl (C=O) groups is 1. The van der Waals surface area contributed by atoms with E-state index in [1.807, 2.05) is 13.8 Å². The second-order valence-corrected chi connectivity index (χ2v) is 7.97. The van der Waals surface area contributed by atoms with Crippen molar-refractivity contribution in [3.05, 3.63) is 12.2 Å². The Balaban J connectivity index is 2.13. The third kappa shape index (κ3) is 4.57. The Labute approximate surface area is 128 Å². The number of carbonyl (C=O) groups excluding carboxylic acids is 1. The zero-order valence-corrected chi connectivity index (χ0v) is 13.8. The fourth-order valence-corrected chi connectivity index (χ4v) is 4.06. The minimum atomic E-state index is -0.713. The molecule has 2 saturated carbocycles. The molecule has 2 rings (SSSR count). The summed E-state index contributed by atoms with van der Waals surface area (Å²) in [6.45, 7) is 9.06. The SMILES string of the molecule is C=C(C)C(=O)OC1(CCC(C)(C)O)CC2CCCC(C2)C1. The molecule has 1 N–H and O–H groups in total. The van der Waals surface area contributed by atoms with Gasteiger partial charge in [0.2, 0.25) is 0 Å². The topological polar surface area (TPSA) is 46.5 Å². The monoisotopic (exact) mass is 294 g/mol. The zero-order valence-electron chi connectivity index (χ0n) is 13.8. The van der Waals surface area contributed by atoms with E-state index >= 15 is 0 Å².